The molecule has 0 radical (unpaired) electrons. The minimum absolute atomic E-state index is 0.0297. The van der Waals surface area contributed by atoms with Crippen molar-refractivity contribution in [2.24, 2.45) is 0 Å². The lowest BCUT2D eigenvalue weighted by atomic mass is 9.89. The maximum absolute atomic E-state index is 13.5. The van der Waals surface area contributed by atoms with Gasteiger partial charge in [-0.1, -0.05) is 48.0 Å². The van der Waals surface area contributed by atoms with Gasteiger partial charge in [-0.25, -0.2) is 5.01 Å². The van der Waals surface area contributed by atoms with Crippen molar-refractivity contribution in [3.63, 3.8) is 0 Å². The second-order valence-corrected chi connectivity index (χ2v) is 12.4. The number of aromatic nitrogens is 2. The van der Waals surface area contributed by atoms with E-state index in [2.05, 4.69) is 33.3 Å². The van der Waals surface area contributed by atoms with Crippen LogP contribution in [0.4, 0.5) is 0 Å². The molecule has 2 N–H and O–H groups in total. The van der Waals surface area contributed by atoms with Crippen LogP contribution in [0.2, 0.25) is 5.02 Å². The summed E-state index contributed by atoms with van der Waals surface area (Å²) in [6.07, 6.45) is 6.54. The Labute approximate surface area is 268 Å². The van der Waals surface area contributed by atoms with Gasteiger partial charge in [-0.2, -0.15) is 0 Å². The van der Waals surface area contributed by atoms with Crippen LogP contribution in [0.15, 0.2) is 79.1 Å². The van der Waals surface area contributed by atoms with E-state index < -0.39 is 0 Å². The van der Waals surface area contributed by atoms with Gasteiger partial charge in [0.2, 0.25) is 11.8 Å². The molecule has 1 aliphatic rings. The Balaban J connectivity index is 1.28. The van der Waals surface area contributed by atoms with Crippen molar-refractivity contribution in [2.75, 3.05) is 26.7 Å². The number of benzene rings is 3. The summed E-state index contributed by atoms with van der Waals surface area (Å²) in [5, 5.41) is 7.13. The van der Waals surface area contributed by atoms with Crippen molar-refractivity contribution in [3.05, 3.63) is 101 Å². The van der Waals surface area contributed by atoms with Crippen LogP contribution < -0.4 is 4.74 Å². The molecular formula is C36H40ClN5O3. The number of piperidine rings is 1. The monoisotopic (exact) mass is 625 g/mol. The molecule has 0 aliphatic carbocycles. The van der Waals surface area contributed by atoms with Gasteiger partial charge in [0.15, 0.2) is 0 Å². The smallest absolute Gasteiger partial charge is 0.234 e. The van der Waals surface area contributed by atoms with Crippen LogP contribution in [0, 0.1) is 0 Å². The van der Waals surface area contributed by atoms with Gasteiger partial charge >= 0.3 is 0 Å². The van der Waals surface area contributed by atoms with Crippen LogP contribution in [0.3, 0.4) is 0 Å². The number of rotatable bonds is 10. The number of H-pyrrole nitrogens is 2. The molecule has 2 aromatic heterocycles. The third-order valence-corrected chi connectivity index (χ3v) is 9.36. The Morgan fingerprint density at radius 3 is 2.38 bits per heavy atom. The highest BCUT2D eigenvalue weighted by Gasteiger charge is 2.34. The molecule has 1 aliphatic heterocycles. The number of carbonyl (C=O) groups excluding carboxylic acids is 2. The molecule has 9 heteroatoms. The van der Waals surface area contributed by atoms with Crippen LogP contribution >= 0.6 is 11.6 Å². The fraction of sp³-hybridized carbons (Fsp3) is 0.333. The van der Waals surface area contributed by atoms with Crippen LogP contribution in [0.5, 0.6) is 5.75 Å². The standard InChI is InChI=1S/C36H40ClN5O3/c1-24(43)40(22-27-8-4-7-11-36(27)45-3)23-30(18-28-20-38-34-10-6-5-9-31(28)34)42(25(2)44)41-16-14-26(15-17-41)33-21-39-35-13-12-29(37)19-32(33)35/h4-13,19-21,26,30,38-39H,14-18,22-23H2,1-3H3/t30-/m1/s1. The molecule has 0 bridgehead atoms. The summed E-state index contributed by atoms with van der Waals surface area (Å²) in [6, 6.07) is 21.7. The van der Waals surface area contributed by atoms with Gasteiger partial charge < -0.3 is 19.6 Å². The van der Waals surface area contributed by atoms with Crippen molar-refractivity contribution in [1.82, 2.24) is 24.9 Å². The number of amides is 2. The number of carbonyl (C=O) groups is 2. The minimum Gasteiger partial charge on any atom is -0.496 e. The van der Waals surface area contributed by atoms with E-state index in [4.69, 9.17) is 16.3 Å². The van der Waals surface area contributed by atoms with Gasteiger partial charge in [0, 0.05) is 84.8 Å². The number of nitrogens with one attached hydrogen (secondary N) is 2. The first-order valence-corrected chi connectivity index (χ1v) is 15.9. The fourth-order valence-corrected chi connectivity index (χ4v) is 7.08. The maximum Gasteiger partial charge on any atom is 0.234 e. The summed E-state index contributed by atoms with van der Waals surface area (Å²) < 4.78 is 5.59. The highest BCUT2D eigenvalue weighted by atomic mass is 35.5. The molecule has 0 saturated carbocycles. The van der Waals surface area contributed by atoms with Gasteiger partial charge in [-0.3, -0.25) is 14.6 Å². The Bertz CT molecular complexity index is 1800. The van der Waals surface area contributed by atoms with Crippen LogP contribution in [0.1, 0.15) is 49.3 Å². The molecular weight excluding hydrogens is 586 g/mol. The van der Waals surface area contributed by atoms with Gasteiger partial charge in [0.05, 0.1) is 13.2 Å². The van der Waals surface area contributed by atoms with Gasteiger partial charge in [-0.15, -0.1) is 0 Å². The number of nitrogens with zero attached hydrogens (tertiary/aromatic N) is 3. The number of ether oxygens (including phenoxy) is 1. The first-order valence-electron chi connectivity index (χ1n) is 15.6. The van der Waals surface area contributed by atoms with Crippen molar-refractivity contribution >= 4 is 45.2 Å². The second-order valence-electron chi connectivity index (χ2n) is 12.0. The molecule has 3 heterocycles. The van der Waals surface area contributed by atoms with Gasteiger partial charge in [0.25, 0.3) is 0 Å². The maximum atomic E-state index is 13.5. The molecule has 0 spiro atoms. The van der Waals surface area contributed by atoms with E-state index in [1.165, 1.54) is 5.56 Å². The molecule has 1 atom stereocenters. The fourth-order valence-electron chi connectivity index (χ4n) is 6.91. The number of methoxy groups -OCH3 is 1. The molecule has 5 aromatic rings. The average molecular weight is 626 g/mol. The average Bonchev–Trinajstić information content (AvgIpc) is 3.65. The quantitative estimate of drug-likeness (QED) is 0.177. The minimum atomic E-state index is -0.274. The predicted molar refractivity (Wildman–Crippen MR) is 179 cm³/mol. The Hall–Kier alpha value is -4.27. The third-order valence-electron chi connectivity index (χ3n) is 9.12. The zero-order valence-corrected chi connectivity index (χ0v) is 26.8. The highest BCUT2D eigenvalue weighted by Crippen LogP contribution is 2.35. The zero-order valence-electron chi connectivity index (χ0n) is 26.1. The van der Waals surface area contributed by atoms with E-state index in [1.807, 2.05) is 70.7 Å². The molecule has 6 rings (SSSR count). The molecule has 45 heavy (non-hydrogen) atoms. The summed E-state index contributed by atoms with van der Waals surface area (Å²) in [5.41, 5.74) is 5.46. The number of para-hydroxylation sites is 2. The lowest BCUT2D eigenvalue weighted by Gasteiger charge is -2.44. The number of hydrogen-bond donors (Lipinski definition) is 2. The lowest BCUT2D eigenvalue weighted by molar-refractivity contribution is -0.158. The van der Waals surface area contributed by atoms with Crippen LogP contribution in [-0.4, -0.2) is 69.5 Å². The molecule has 234 valence electrons. The van der Waals surface area contributed by atoms with Crippen LogP contribution in [-0.2, 0) is 22.6 Å². The number of hydrazine groups is 1. The summed E-state index contributed by atoms with van der Waals surface area (Å²) in [7, 11) is 1.64. The van der Waals surface area contributed by atoms with E-state index in [9.17, 15) is 9.59 Å². The summed E-state index contributed by atoms with van der Waals surface area (Å²) in [4.78, 5) is 35.3. The first kappa shape index (κ1) is 30.7. The van der Waals surface area contributed by atoms with Gasteiger partial charge in [0.1, 0.15) is 5.75 Å². The molecule has 2 amide bonds. The molecule has 3 aromatic carbocycles. The topological polar surface area (TPSA) is 84.7 Å². The van der Waals surface area contributed by atoms with Crippen LogP contribution in [0.25, 0.3) is 21.8 Å². The highest BCUT2D eigenvalue weighted by molar-refractivity contribution is 6.31. The Kier molecular flexibility index (Phi) is 9.14. The van der Waals surface area contributed by atoms with Gasteiger partial charge in [-0.05, 0) is 66.6 Å². The summed E-state index contributed by atoms with van der Waals surface area (Å²) in [5.74, 6) is 1.01. The largest absolute Gasteiger partial charge is 0.496 e. The van der Waals surface area contributed by atoms with Crippen molar-refractivity contribution < 1.29 is 14.3 Å². The lowest BCUT2D eigenvalue weighted by Crippen LogP contribution is -2.57. The number of aromatic amines is 2. The second kappa shape index (κ2) is 13.4. The van der Waals surface area contributed by atoms with E-state index in [1.54, 1.807) is 21.0 Å². The number of fused-ring (bicyclic) bond motifs is 2. The Morgan fingerprint density at radius 1 is 0.911 bits per heavy atom. The zero-order chi connectivity index (χ0) is 31.5. The number of halogens is 1. The van der Waals surface area contributed by atoms with E-state index in [0.717, 1.165) is 69.6 Å². The summed E-state index contributed by atoms with van der Waals surface area (Å²) in [6.45, 7) is 5.46. The predicted octanol–water partition coefficient (Wildman–Crippen LogP) is 6.91. The van der Waals surface area contributed by atoms with Crippen molar-refractivity contribution in [3.8, 4) is 5.75 Å². The van der Waals surface area contributed by atoms with Crippen molar-refractivity contribution in [2.45, 2.75) is 51.6 Å². The van der Waals surface area contributed by atoms with E-state index in [-0.39, 0.29) is 17.9 Å². The van der Waals surface area contributed by atoms with E-state index >= 15 is 0 Å². The van der Waals surface area contributed by atoms with E-state index in [0.29, 0.717) is 25.4 Å². The molecule has 0 unspecified atom stereocenters. The Morgan fingerprint density at radius 2 is 1.62 bits per heavy atom. The van der Waals surface area contributed by atoms with Crippen molar-refractivity contribution in [1.29, 1.82) is 0 Å². The number of hydrogen-bond acceptors (Lipinski definition) is 4. The molecule has 8 nitrogen and oxygen atoms in total. The third kappa shape index (κ3) is 6.58. The normalized spacial score (nSPS) is 14.9. The molecule has 1 saturated heterocycles. The first-order chi connectivity index (χ1) is 21.8. The SMILES string of the molecule is COc1ccccc1CN(C[C@@H](Cc1c[nH]c2ccccc12)N(C(C)=O)N1CCC(c2c[nH]c3ccc(Cl)cc23)CC1)C(C)=O. The summed E-state index contributed by atoms with van der Waals surface area (Å²) >= 11 is 6.34. The molecule has 1 fully saturated rings.